The predicted octanol–water partition coefficient (Wildman–Crippen LogP) is 3.74. The van der Waals surface area contributed by atoms with Crippen LogP contribution in [0.1, 0.15) is 52.4 Å². The summed E-state index contributed by atoms with van der Waals surface area (Å²) in [5.41, 5.74) is 0.134. The SMILES string of the molecule is CC(C)(CO)CCCCCCCBr. The lowest BCUT2D eigenvalue weighted by molar-refractivity contribution is 0.147. The van der Waals surface area contributed by atoms with Crippen LogP contribution in [0.3, 0.4) is 0 Å². The van der Waals surface area contributed by atoms with Gasteiger partial charge in [0.25, 0.3) is 0 Å². The average Bonchev–Trinajstić information content (AvgIpc) is 2.11. The third-order valence-electron chi connectivity index (χ3n) is 2.42. The minimum Gasteiger partial charge on any atom is -0.396 e. The van der Waals surface area contributed by atoms with Crippen molar-refractivity contribution in [2.75, 3.05) is 11.9 Å². The predicted molar refractivity (Wildman–Crippen MR) is 62.4 cm³/mol. The van der Waals surface area contributed by atoms with E-state index in [1.54, 1.807) is 0 Å². The molecule has 13 heavy (non-hydrogen) atoms. The quantitative estimate of drug-likeness (QED) is 0.514. The van der Waals surface area contributed by atoms with Crippen LogP contribution in [-0.4, -0.2) is 17.0 Å². The van der Waals surface area contributed by atoms with Crippen LogP contribution in [0.5, 0.6) is 0 Å². The van der Waals surface area contributed by atoms with Gasteiger partial charge < -0.3 is 5.11 Å². The zero-order valence-corrected chi connectivity index (χ0v) is 10.6. The summed E-state index contributed by atoms with van der Waals surface area (Å²) >= 11 is 3.43. The maximum atomic E-state index is 9.03. The highest BCUT2D eigenvalue weighted by Crippen LogP contribution is 2.22. The van der Waals surface area contributed by atoms with Crippen molar-refractivity contribution >= 4 is 15.9 Å². The molecule has 0 spiro atoms. The second-order valence-corrected chi connectivity index (χ2v) is 5.32. The fourth-order valence-electron chi connectivity index (χ4n) is 1.31. The third kappa shape index (κ3) is 8.76. The minimum atomic E-state index is 0.134. The number of aliphatic hydroxyl groups excluding tert-OH is 1. The Kier molecular flexibility index (Phi) is 8.07. The number of aliphatic hydroxyl groups is 1. The molecule has 0 rings (SSSR count). The molecule has 0 aliphatic heterocycles. The molecule has 0 aromatic carbocycles. The second kappa shape index (κ2) is 7.81. The van der Waals surface area contributed by atoms with E-state index in [0.717, 1.165) is 11.8 Å². The molecule has 80 valence electrons. The van der Waals surface area contributed by atoms with Crippen LogP contribution in [0, 0.1) is 5.41 Å². The molecule has 0 aliphatic rings. The number of rotatable bonds is 8. The zero-order chi connectivity index (χ0) is 10.2. The van der Waals surface area contributed by atoms with E-state index in [4.69, 9.17) is 5.11 Å². The van der Waals surface area contributed by atoms with Gasteiger partial charge in [-0.2, -0.15) is 0 Å². The summed E-state index contributed by atoms with van der Waals surface area (Å²) in [6.45, 7) is 4.57. The van der Waals surface area contributed by atoms with E-state index in [1.807, 2.05) is 0 Å². The Labute approximate surface area is 91.1 Å². The number of hydrogen-bond donors (Lipinski definition) is 1. The normalized spacial score (nSPS) is 12.0. The van der Waals surface area contributed by atoms with Crippen molar-refractivity contribution < 1.29 is 5.11 Å². The molecule has 0 amide bonds. The van der Waals surface area contributed by atoms with Crippen LogP contribution in [0.15, 0.2) is 0 Å². The molecule has 2 heteroatoms. The highest BCUT2D eigenvalue weighted by molar-refractivity contribution is 9.09. The summed E-state index contributed by atoms with van der Waals surface area (Å²) in [6.07, 6.45) is 7.70. The smallest absolute Gasteiger partial charge is 0.0482 e. The van der Waals surface area contributed by atoms with Crippen molar-refractivity contribution in [1.29, 1.82) is 0 Å². The number of hydrogen-bond acceptors (Lipinski definition) is 1. The van der Waals surface area contributed by atoms with Gasteiger partial charge in [0.05, 0.1) is 0 Å². The summed E-state index contributed by atoms with van der Waals surface area (Å²) in [5, 5.41) is 10.2. The standard InChI is InChI=1S/C11H23BrO/c1-11(2,10-13)8-6-4-3-5-7-9-12/h13H,3-10H2,1-2H3. The van der Waals surface area contributed by atoms with Gasteiger partial charge in [-0.3, -0.25) is 0 Å². The molecule has 0 aromatic rings. The third-order valence-corrected chi connectivity index (χ3v) is 2.98. The maximum absolute atomic E-state index is 9.03. The van der Waals surface area contributed by atoms with Crippen molar-refractivity contribution in [3.05, 3.63) is 0 Å². The van der Waals surface area contributed by atoms with Crippen molar-refractivity contribution in [1.82, 2.24) is 0 Å². The monoisotopic (exact) mass is 250 g/mol. The first-order chi connectivity index (χ1) is 6.12. The molecule has 0 saturated heterocycles. The van der Waals surface area contributed by atoms with Gasteiger partial charge >= 0.3 is 0 Å². The summed E-state index contributed by atoms with van der Waals surface area (Å²) in [4.78, 5) is 0. The summed E-state index contributed by atoms with van der Waals surface area (Å²) in [7, 11) is 0. The molecule has 0 atom stereocenters. The highest BCUT2D eigenvalue weighted by Gasteiger charge is 2.14. The molecule has 0 heterocycles. The second-order valence-electron chi connectivity index (χ2n) is 4.53. The van der Waals surface area contributed by atoms with Crippen LogP contribution in [0.4, 0.5) is 0 Å². The fourth-order valence-corrected chi connectivity index (χ4v) is 1.70. The molecular weight excluding hydrogens is 228 g/mol. The molecule has 0 aromatic heterocycles. The van der Waals surface area contributed by atoms with E-state index in [2.05, 4.69) is 29.8 Å². The van der Waals surface area contributed by atoms with Crippen molar-refractivity contribution in [2.45, 2.75) is 52.4 Å². The molecule has 0 saturated carbocycles. The van der Waals surface area contributed by atoms with Gasteiger partial charge in [0.2, 0.25) is 0 Å². The Morgan fingerprint density at radius 1 is 1.00 bits per heavy atom. The number of halogens is 1. The van der Waals surface area contributed by atoms with E-state index in [0.29, 0.717) is 6.61 Å². The molecule has 0 bridgehead atoms. The maximum Gasteiger partial charge on any atom is 0.0482 e. The largest absolute Gasteiger partial charge is 0.396 e. The topological polar surface area (TPSA) is 20.2 Å². The Morgan fingerprint density at radius 3 is 2.08 bits per heavy atom. The van der Waals surface area contributed by atoms with E-state index >= 15 is 0 Å². The lowest BCUT2D eigenvalue weighted by Crippen LogP contribution is -2.16. The summed E-state index contributed by atoms with van der Waals surface area (Å²) in [5.74, 6) is 0. The molecule has 1 N–H and O–H groups in total. The molecule has 0 aliphatic carbocycles. The lowest BCUT2D eigenvalue weighted by Gasteiger charge is -2.20. The van der Waals surface area contributed by atoms with Crippen molar-refractivity contribution in [3.63, 3.8) is 0 Å². The van der Waals surface area contributed by atoms with E-state index in [1.165, 1.54) is 32.1 Å². The van der Waals surface area contributed by atoms with Gasteiger partial charge in [-0.05, 0) is 18.3 Å². The Balaban J connectivity index is 3.16. The minimum absolute atomic E-state index is 0.134. The Bertz CT molecular complexity index is 113. The van der Waals surface area contributed by atoms with Crippen LogP contribution in [-0.2, 0) is 0 Å². The molecule has 1 nitrogen and oxygen atoms in total. The van der Waals surface area contributed by atoms with Gasteiger partial charge in [0, 0.05) is 11.9 Å². The molecular formula is C11H23BrO. The molecule has 0 radical (unpaired) electrons. The Hall–Kier alpha value is 0.440. The summed E-state index contributed by atoms with van der Waals surface area (Å²) < 4.78 is 0. The van der Waals surface area contributed by atoms with Crippen LogP contribution in [0.25, 0.3) is 0 Å². The van der Waals surface area contributed by atoms with Gasteiger partial charge in [-0.15, -0.1) is 0 Å². The van der Waals surface area contributed by atoms with E-state index in [-0.39, 0.29) is 5.41 Å². The van der Waals surface area contributed by atoms with Crippen LogP contribution < -0.4 is 0 Å². The lowest BCUT2D eigenvalue weighted by atomic mass is 9.88. The van der Waals surface area contributed by atoms with Crippen LogP contribution in [0.2, 0.25) is 0 Å². The van der Waals surface area contributed by atoms with Crippen LogP contribution >= 0.6 is 15.9 Å². The van der Waals surface area contributed by atoms with Gasteiger partial charge in [0.1, 0.15) is 0 Å². The van der Waals surface area contributed by atoms with Crippen molar-refractivity contribution in [2.24, 2.45) is 5.41 Å². The Morgan fingerprint density at radius 2 is 1.54 bits per heavy atom. The first kappa shape index (κ1) is 13.4. The zero-order valence-electron chi connectivity index (χ0n) is 8.98. The first-order valence-electron chi connectivity index (χ1n) is 5.29. The average molecular weight is 251 g/mol. The first-order valence-corrected chi connectivity index (χ1v) is 6.41. The van der Waals surface area contributed by atoms with Gasteiger partial charge in [0.15, 0.2) is 0 Å². The summed E-state index contributed by atoms with van der Waals surface area (Å²) in [6, 6.07) is 0. The molecule has 0 fully saturated rings. The number of alkyl halides is 1. The fraction of sp³-hybridized carbons (Fsp3) is 1.00. The van der Waals surface area contributed by atoms with Gasteiger partial charge in [-0.25, -0.2) is 0 Å². The van der Waals surface area contributed by atoms with Gasteiger partial charge in [-0.1, -0.05) is 55.5 Å². The highest BCUT2D eigenvalue weighted by atomic mass is 79.9. The molecule has 0 unspecified atom stereocenters. The number of unbranched alkanes of at least 4 members (excludes halogenated alkanes) is 4. The van der Waals surface area contributed by atoms with Crippen molar-refractivity contribution in [3.8, 4) is 0 Å². The van der Waals surface area contributed by atoms with E-state index in [9.17, 15) is 0 Å². The van der Waals surface area contributed by atoms with E-state index < -0.39 is 0 Å².